The zero-order valence-electron chi connectivity index (χ0n) is 14.6. The molecule has 0 heterocycles. The molecule has 0 aliphatic heterocycles. The molecule has 0 fully saturated rings. The van der Waals surface area contributed by atoms with Crippen molar-refractivity contribution in [1.29, 1.82) is 0 Å². The van der Waals surface area contributed by atoms with Crippen LogP contribution >= 0.6 is 0 Å². The van der Waals surface area contributed by atoms with E-state index < -0.39 is 0 Å². The predicted molar refractivity (Wildman–Crippen MR) is 106 cm³/mol. The van der Waals surface area contributed by atoms with Crippen LogP contribution < -0.4 is 10.2 Å². The summed E-state index contributed by atoms with van der Waals surface area (Å²) in [6.07, 6.45) is 1.03. The van der Waals surface area contributed by atoms with Crippen LogP contribution in [0.25, 0.3) is 10.8 Å². The molecular formula is C22H26N2. The van der Waals surface area contributed by atoms with E-state index in [2.05, 4.69) is 90.8 Å². The summed E-state index contributed by atoms with van der Waals surface area (Å²) in [6.45, 7) is 7.42. The quantitative estimate of drug-likeness (QED) is 0.632. The summed E-state index contributed by atoms with van der Waals surface area (Å²) in [6, 6.07) is 23.9. The molecule has 124 valence electrons. The van der Waals surface area contributed by atoms with Gasteiger partial charge in [-0.15, -0.1) is 0 Å². The van der Waals surface area contributed by atoms with Crippen LogP contribution in [-0.4, -0.2) is 19.6 Å². The van der Waals surface area contributed by atoms with Crippen LogP contribution in [0.5, 0.6) is 0 Å². The van der Waals surface area contributed by atoms with E-state index in [9.17, 15) is 0 Å². The van der Waals surface area contributed by atoms with Gasteiger partial charge in [-0.25, -0.2) is 0 Å². The molecule has 0 aliphatic rings. The molecule has 0 saturated carbocycles. The average molecular weight is 318 g/mol. The summed E-state index contributed by atoms with van der Waals surface area (Å²) in [5, 5.41) is 6.22. The molecule has 2 heteroatoms. The molecule has 0 spiro atoms. The fraction of sp³-hybridized carbons (Fsp3) is 0.273. The summed E-state index contributed by atoms with van der Waals surface area (Å²) >= 11 is 0. The van der Waals surface area contributed by atoms with Gasteiger partial charge in [0.2, 0.25) is 0 Å². The lowest BCUT2D eigenvalue weighted by molar-refractivity contribution is 0.866. The van der Waals surface area contributed by atoms with E-state index in [-0.39, 0.29) is 0 Å². The first-order chi connectivity index (χ1) is 11.8. The first-order valence-corrected chi connectivity index (χ1v) is 8.87. The largest absolute Gasteiger partial charge is 0.385 e. The predicted octanol–water partition coefficient (Wildman–Crippen LogP) is 5.34. The van der Waals surface area contributed by atoms with Crippen LogP contribution in [0.15, 0.2) is 66.7 Å². The van der Waals surface area contributed by atoms with Crippen molar-refractivity contribution in [2.24, 2.45) is 0 Å². The smallest absolute Gasteiger partial charge is 0.0367 e. The van der Waals surface area contributed by atoms with Crippen LogP contribution in [0, 0.1) is 0 Å². The van der Waals surface area contributed by atoms with Crippen LogP contribution in [0.4, 0.5) is 11.4 Å². The topological polar surface area (TPSA) is 15.3 Å². The lowest BCUT2D eigenvalue weighted by atomic mass is 10.0. The van der Waals surface area contributed by atoms with E-state index in [1.165, 1.54) is 27.7 Å². The van der Waals surface area contributed by atoms with Gasteiger partial charge < -0.3 is 10.2 Å². The number of anilines is 2. The van der Waals surface area contributed by atoms with Crippen molar-refractivity contribution < 1.29 is 0 Å². The maximum Gasteiger partial charge on any atom is 0.0367 e. The maximum absolute atomic E-state index is 3.54. The zero-order valence-corrected chi connectivity index (χ0v) is 14.6. The van der Waals surface area contributed by atoms with E-state index in [4.69, 9.17) is 0 Å². The molecule has 2 nitrogen and oxygen atoms in total. The summed E-state index contributed by atoms with van der Waals surface area (Å²) in [5.41, 5.74) is 3.88. The normalized spacial score (nSPS) is 10.8. The number of nitrogens with zero attached hydrogens (tertiary/aromatic N) is 1. The molecule has 0 atom stereocenters. The number of hydrogen-bond acceptors (Lipinski definition) is 2. The Labute approximate surface area is 145 Å². The third kappa shape index (κ3) is 3.70. The molecule has 3 aromatic rings. The van der Waals surface area contributed by atoms with Gasteiger partial charge in [-0.3, -0.25) is 0 Å². The van der Waals surface area contributed by atoms with Gasteiger partial charge in [-0.2, -0.15) is 0 Å². The van der Waals surface area contributed by atoms with E-state index in [0.29, 0.717) is 0 Å². The SMILES string of the molecule is CCN(CC)c1ccc(NCCc2cccc3ccccc23)cc1. The summed E-state index contributed by atoms with van der Waals surface area (Å²) < 4.78 is 0. The number of hydrogen-bond donors (Lipinski definition) is 1. The minimum absolute atomic E-state index is 0.943. The number of rotatable bonds is 7. The number of fused-ring (bicyclic) bond motifs is 1. The highest BCUT2D eigenvalue weighted by atomic mass is 15.1. The van der Waals surface area contributed by atoms with Crippen LogP contribution in [0.3, 0.4) is 0 Å². The van der Waals surface area contributed by atoms with Gasteiger partial charge in [0.15, 0.2) is 0 Å². The van der Waals surface area contributed by atoms with Gasteiger partial charge in [0, 0.05) is 31.0 Å². The third-order valence-corrected chi connectivity index (χ3v) is 4.60. The number of nitrogens with one attached hydrogen (secondary N) is 1. The number of benzene rings is 3. The third-order valence-electron chi connectivity index (χ3n) is 4.60. The monoisotopic (exact) mass is 318 g/mol. The van der Waals surface area contributed by atoms with Crippen LogP contribution in [-0.2, 0) is 6.42 Å². The van der Waals surface area contributed by atoms with Crippen molar-refractivity contribution in [3.63, 3.8) is 0 Å². The van der Waals surface area contributed by atoms with Crippen molar-refractivity contribution in [1.82, 2.24) is 0 Å². The molecule has 0 unspecified atom stereocenters. The van der Waals surface area contributed by atoms with Crippen molar-refractivity contribution in [2.45, 2.75) is 20.3 Å². The van der Waals surface area contributed by atoms with Gasteiger partial charge in [0.1, 0.15) is 0 Å². The first kappa shape index (κ1) is 16.4. The first-order valence-electron chi connectivity index (χ1n) is 8.87. The molecule has 0 bridgehead atoms. The summed E-state index contributed by atoms with van der Waals surface area (Å²) in [7, 11) is 0. The second-order valence-corrected chi connectivity index (χ2v) is 6.03. The van der Waals surface area contributed by atoms with Gasteiger partial charge in [0.05, 0.1) is 0 Å². The Balaban J connectivity index is 1.62. The van der Waals surface area contributed by atoms with Gasteiger partial charge in [0.25, 0.3) is 0 Å². The average Bonchev–Trinajstić information content (AvgIpc) is 2.64. The molecule has 0 aromatic heterocycles. The van der Waals surface area contributed by atoms with Crippen LogP contribution in [0.1, 0.15) is 19.4 Å². The molecule has 0 amide bonds. The molecule has 24 heavy (non-hydrogen) atoms. The van der Waals surface area contributed by atoms with Crippen molar-refractivity contribution in [3.05, 3.63) is 72.3 Å². The minimum atomic E-state index is 0.943. The van der Waals surface area contributed by atoms with Crippen molar-refractivity contribution in [3.8, 4) is 0 Å². The maximum atomic E-state index is 3.54. The van der Waals surface area contributed by atoms with Gasteiger partial charge in [-0.1, -0.05) is 42.5 Å². The van der Waals surface area contributed by atoms with E-state index in [0.717, 1.165) is 26.1 Å². The Bertz CT molecular complexity index is 768. The summed E-state index contributed by atoms with van der Waals surface area (Å²) in [5.74, 6) is 0. The Morgan fingerprint density at radius 1 is 0.792 bits per heavy atom. The molecular weight excluding hydrogens is 292 g/mol. The molecule has 0 aliphatic carbocycles. The van der Waals surface area contributed by atoms with Crippen LogP contribution in [0.2, 0.25) is 0 Å². The lowest BCUT2D eigenvalue weighted by Crippen LogP contribution is -2.21. The van der Waals surface area contributed by atoms with E-state index in [1.807, 2.05) is 0 Å². The standard InChI is InChI=1S/C22H26N2/c1-3-24(4-2)21-14-12-20(13-15-21)23-17-16-19-10-7-9-18-8-5-6-11-22(18)19/h5-15,23H,3-4,16-17H2,1-2H3. The molecule has 0 saturated heterocycles. The Morgan fingerprint density at radius 2 is 1.50 bits per heavy atom. The highest BCUT2D eigenvalue weighted by Crippen LogP contribution is 2.20. The Morgan fingerprint density at radius 3 is 2.25 bits per heavy atom. The van der Waals surface area contributed by atoms with Gasteiger partial charge in [-0.05, 0) is 60.9 Å². The van der Waals surface area contributed by atoms with Gasteiger partial charge >= 0.3 is 0 Å². The second kappa shape index (κ2) is 7.87. The van der Waals surface area contributed by atoms with E-state index >= 15 is 0 Å². The Hall–Kier alpha value is -2.48. The Kier molecular flexibility index (Phi) is 5.37. The highest BCUT2D eigenvalue weighted by Gasteiger charge is 2.02. The highest BCUT2D eigenvalue weighted by molar-refractivity contribution is 5.85. The molecule has 0 radical (unpaired) electrons. The fourth-order valence-corrected chi connectivity index (χ4v) is 3.23. The van der Waals surface area contributed by atoms with Crippen molar-refractivity contribution >= 4 is 22.1 Å². The molecule has 1 N–H and O–H groups in total. The molecule has 3 aromatic carbocycles. The second-order valence-electron chi connectivity index (χ2n) is 6.03. The van der Waals surface area contributed by atoms with E-state index in [1.54, 1.807) is 0 Å². The zero-order chi connectivity index (χ0) is 16.8. The lowest BCUT2D eigenvalue weighted by Gasteiger charge is -2.21. The fourth-order valence-electron chi connectivity index (χ4n) is 3.23. The summed E-state index contributed by atoms with van der Waals surface area (Å²) in [4.78, 5) is 2.36. The molecule has 3 rings (SSSR count). The van der Waals surface area contributed by atoms with Crippen molar-refractivity contribution in [2.75, 3.05) is 29.9 Å². The minimum Gasteiger partial charge on any atom is -0.385 e.